The quantitative estimate of drug-likeness (QED) is 0.377. The fourth-order valence-electron chi connectivity index (χ4n) is 3.80. The van der Waals surface area contributed by atoms with Crippen LogP contribution in [0.2, 0.25) is 0 Å². The lowest BCUT2D eigenvalue weighted by atomic mass is 9.95. The Morgan fingerprint density at radius 3 is 2.34 bits per heavy atom. The number of nitrogens with zero attached hydrogens (tertiary/aromatic N) is 3. The molecular weight excluding hydrogens is 409 g/mol. The summed E-state index contributed by atoms with van der Waals surface area (Å²) in [5.74, 6) is -2.29. The fraction of sp³-hybridized carbons (Fsp3) is 0.160. The number of aliphatic hydroxyl groups is 1. The molecule has 0 bridgehead atoms. The lowest BCUT2D eigenvalue weighted by Gasteiger charge is -2.26. The van der Waals surface area contributed by atoms with Gasteiger partial charge in [-0.3, -0.25) is 14.6 Å². The van der Waals surface area contributed by atoms with Crippen LogP contribution >= 0.6 is 0 Å². The second kappa shape index (κ2) is 8.63. The zero-order chi connectivity index (χ0) is 22.8. The standard InChI is InChI=1S/C25H22FN3O3/c1-28(2)20-11-7-17(8-12-20)22-21(23(30)18-5-9-19(26)10-6-18)24(31)25(32)29(22)15-16-4-3-13-27-14-16/h3-14,22,30H,15H2,1-2H3/t22-/m1/s1. The van der Waals surface area contributed by atoms with E-state index in [1.165, 1.54) is 29.2 Å². The van der Waals surface area contributed by atoms with Crippen molar-refractivity contribution in [1.82, 2.24) is 9.88 Å². The van der Waals surface area contributed by atoms with Gasteiger partial charge in [0.25, 0.3) is 11.7 Å². The van der Waals surface area contributed by atoms with E-state index in [1.54, 1.807) is 18.5 Å². The summed E-state index contributed by atoms with van der Waals surface area (Å²) in [6.45, 7) is 0.151. The number of ketones is 1. The Hall–Kier alpha value is -4.00. The van der Waals surface area contributed by atoms with Crippen molar-refractivity contribution in [2.75, 3.05) is 19.0 Å². The van der Waals surface area contributed by atoms with E-state index in [-0.39, 0.29) is 23.4 Å². The summed E-state index contributed by atoms with van der Waals surface area (Å²) >= 11 is 0. The highest BCUT2D eigenvalue weighted by atomic mass is 19.1. The Morgan fingerprint density at radius 1 is 1.06 bits per heavy atom. The fourth-order valence-corrected chi connectivity index (χ4v) is 3.80. The number of Topliss-reactive ketones (excluding diaryl/α,β-unsaturated/α-hetero) is 1. The van der Waals surface area contributed by atoms with Gasteiger partial charge in [0, 0.05) is 44.3 Å². The Labute approximate surface area is 185 Å². The first kappa shape index (κ1) is 21.2. The number of benzene rings is 2. The van der Waals surface area contributed by atoms with E-state index in [0.29, 0.717) is 5.56 Å². The van der Waals surface area contributed by atoms with Crippen molar-refractivity contribution in [3.63, 3.8) is 0 Å². The molecule has 4 rings (SSSR count). The molecule has 6 nitrogen and oxygen atoms in total. The van der Waals surface area contributed by atoms with Gasteiger partial charge in [-0.25, -0.2) is 4.39 Å². The monoisotopic (exact) mass is 431 g/mol. The number of hydrogen-bond donors (Lipinski definition) is 1. The second-order valence-electron chi connectivity index (χ2n) is 7.78. The lowest BCUT2D eigenvalue weighted by molar-refractivity contribution is -0.140. The minimum Gasteiger partial charge on any atom is -0.507 e. The SMILES string of the molecule is CN(C)c1ccc([C@@H]2C(=C(O)c3ccc(F)cc3)C(=O)C(=O)N2Cc2cccnc2)cc1. The molecular formula is C25H22FN3O3. The summed E-state index contributed by atoms with van der Waals surface area (Å²) in [5, 5.41) is 11.0. The summed E-state index contributed by atoms with van der Waals surface area (Å²) in [6.07, 6.45) is 3.26. The molecule has 32 heavy (non-hydrogen) atoms. The summed E-state index contributed by atoms with van der Waals surface area (Å²) in [4.78, 5) is 33.5. The van der Waals surface area contributed by atoms with Crippen LogP contribution in [-0.2, 0) is 16.1 Å². The van der Waals surface area contributed by atoms with Gasteiger partial charge in [-0.15, -0.1) is 0 Å². The van der Waals surface area contributed by atoms with Gasteiger partial charge in [0.1, 0.15) is 11.6 Å². The lowest BCUT2D eigenvalue weighted by Crippen LogP contribution is -2.29. The van der Waals surface area contributed by atoms with Crippen LogP contribution in [0.3, 0.4) is 0 Å². The Balaban J connectivity index is 1.84. The third kappa shape index (κ3) is 3.97. The molecule has 1 amide bonds. The maximum Gasteiger partial charge on any atom is 0.295 e. The number of amides is 1. The third-order valence-corrected chi connectivity index (χ3v) is 5.46. The molecule has 3 aromatic rings. The Kier molecular flexibility index (Phi) is 5.73. The molecule has 0 aliphatic carbocycles. The van der Waals surface area contributed by atoms with Crippen LogP contribution < -0.4 is 4.90 Å². The molecule has 0 spiro atoms. The molecule has 1 aliphatic heterocycles. The van der Waals surface area contributed by atoms with E-state index in [4.69, 9.17) is 0 Å². The molecule has 0 radical (unpaired) electrons. The third-order valence-electron chi connectivity index (χ3n) is 5.46. The first-order valence-electron chi connectivity index (χ1n) is 10.1. The molecule has 1 N–H and O–H groups in total. The van der Waals surface area contributed by atoms with Crippen molar-refractivity contribution in [1.29, 1.82) is 0 Å². The molecule has 1 aromatic heterocycles. The largest absolute Gasteiger partial charge is 0.507 e. The van der Waals surface area contributed by atoms with E-state index >= 15 is 0 Å². The maximum absolute atomic E-state index is 13.4. The molecule has 0 unspecified atom stereocenters. The normalized spacial score (nSPS) is 17.6. The van der Waals surface area contributed by atoms with E-state index < -0.39 is 23.5 Å². The van der Waals surface area contributed by atoms with Crippen molar-refractivity contribution in [3.05, 3.63) is 101 Å². The molecule has 162 valence electrons. The zero-order valence-corrected chi connectivity index (χ0v) is 17.7. The number of anilines is 1. The second-order valence-corrected chi connectivity index (χ2v) is 7.78. The predicted octanol–water partition coefficient (Wildman–Crippen LogP) is 3.91. The zero-order valence-electron chi connectivity index (χ0n) is 17.7. The van der Waals surface area contributed by atoms with Gasteiger partial charge in [-0.05, 0) is 53.6 Å². The number of pyridine rings is 1. The van der Waals surface area contributed by atoms with Crippen molar-refractivity contribution in [2.24, 2.45) is 0 Å². The first-order chi connectivity index (χ1) is 15.4. The summed E-state index contributed by atoms with van der Waals surface area (Å²) < 4.78 is 13.4. The van der Waals surface area contributed by atoms with Gasteiger partial charge in [0.2, 0.25) is 0 Å². The van der Waals surface area contributed by atoms with Crippen LogP contribution in [0.5, 0.6) is 0 Å². The van der Waals surface area contributed by atoms with Crippen molar-refractivity contribution in [2.45, 2.75) is 12.6 Å². The van der Waals surface area contributed by atoms with Crippen molar-refractivity contribution in [3.8, 4) is 0 Å². The first-order valence-corrected chi connectivity index (χ1v) is 10.1. The van der Waals surface area contributed by atoms with Crippen LogP contribution in [-0.4, -0.2) is 40.8 Å². The number of carbonyl (C=O) groups is 2. The summed E-state index contributed by atoms with van der Waals surface area (Å²) in [5.41, 5.74) is 2.63. The highest BCUT2D eigenvalue weighted by Crippen LogP contribution is 2.40. The maximum atomic E-state index is 13.4. The molecule has 1 fully saturated rings. The molecule has 1 atom stereocenters. The van der Waals surface area contributed by atoms with E-state index in [2.05, 4.69) is 4.98 Å². The molecule has 2 heterocycles. The van der Waals surface area contributed by atoms with Gasteiger partial charge in [0.05, 0.1) is 11.6 Å². The number of likely N-dealkylation sites (tertiary alicyclic amines) is 1. The Bertz CT molecular complexity index is 1170. The van der Waals surface area contributed by atoms with Gasteiger partial charge in [-0.1, -0.05) is 18.2 Å². The van der Waals surface area contributed by atoms with Crippen LogP contribution in [0.4, 0.5) is 10.1 Å². The molecule has 2 aromatic carbocycles. The van der Waals surface area contributed by atoms with Gasteiger partial charge < -0.3 is 14.9 Å². The number of rotatable bonds is 5. The predicted molar refractivity (Wildman–Crippen MR) is 119 cm³/mol. The van der Waals surface area contributed by atoms with Crippen LogP contribution in [0.1, 0.15) is 22.7 Å². The number of aromatic nitrogens is 1. The van der Waals surface area contributed by atoms with Gasteiger partial charge in [0.15, 0.2) is 0 Å². The number of carbonyl (C=O) groups excluding carboxylic acids is 2. The average Bonchev–Trinajstić information content (AvgIpc) is 3.05. The van der Waals surface area contributed by atoms with E-state index in [0.717, 1.165) is 11.3 Å². The van der Waals surface area contributed by atoms with Gasteiger partial charge >= 0.3 is 0 Å². The summed E-state index contributed by atoms with van der Waals surface area (Å²) in [6, 6.07) is 15.4. The summed E-state index contributed by atoms with van der Waals surface area (Å²) in [7, 11) is 3.83. The molecule has 0 saturated carbocycles. The van der Waals surface area contributed by atoms with Crippen molar-refractivity contribution >= 4 is 23.1 Å². The smallest absolute Gasteiger partial charge is 0.295 e. The van der Waals surface area contributed by atoms with Crippen LogP contribution in [0.25, 0.3) is 5.76 Å². The Morgan fingerprint density at radius 2 is 1.75 bits per heavy atom. The van der Waals surface area contributed by atoms with E-state index in [1.807, 2.05) is 49.3 Å². The molecule has 1 aliphatic rings. The van der Waals surface area contributed by atoms with Crippen molar-refractivity contribution < 1.29 is 19.1 Å². The van der Waals surface area contributed by atoms with Gasteiger partial charge in [-0.2, -0.15) is 0 Å². The molecule has 1 saturated heterocycles. The minimum absolute atomic E-state index is 0.0249. The highest BCUT2D eigenvalue weighted by Gasteiger charge is 2.46. The molecule has 7 heteroatoms. The highest BCUT2D eigenvalue weighted by molar-refractivity contribution is 6.46. The topological polar surface area (TPSA) is 73.7 Å². The number of halogens is 1. The number of aliphatic hydroxyl groups excluding tert-OH is 1. The van der Waals surface area contributed by atoms with E-state index in [9.17, 15) is 19.1 Å². The van der Waals surface area contributed by atoms with Crippen LogP contribution in [0.15, 0.2) is 78.6 Å². The number of hydrogen-bond acceptors (Lipinski definition) is 5. The average molecular weight is 431 g/mol. The van der Waals surface area contributed by atoms with Crippen LogP contribution in [0, 0.1) is 5.82 Å². The minimum atomic E-state index is -0.795.